The van der Waals surface area contributed by atoms with Gasteiger partial charge in [0.1, 0.15) is 28.4 Å². The predicted octanol–water partition coefficient (Wildman–Crippen LogP) is 12.2. The largest absolute Gasteiger partial charge is 0.493 e. The first-order valence-corrected chi connectivity index (χ1v) is 26.2. The second kappa shape index (κ2) is 23.8. The zero-order valence-electron chi connectivity index (χ0n) is 43.4. The van der Waals surface area contributed by atoms with Crippen molar-refractivity contribution in [2.24, 2.45) is 0 Å². The molecule has 0 aliphatic rings. The quantitative estimate of drug-likeness (QED) is 0.0220. The lowest BCUT2D eigenvalue weighted by atomic mass is 9.77. The molecule has 0 fully saturated rings. The average Bonchev–Trinajstić information content (AvgIpc) is 4.04. The molecule has 75 heavy (non-hydrogen) atoms. The highest BCUT2D eigenvalue weighted by Crippen LogP contribution is 2.43. The molecule has 0 spiro atoms. The molecule has 8 aromatic rings. The van der Waals surface area contributed by atoms with Gasteiger partial charge in [-0.2, -0.15) is 11.8 Å². The predicted molar refractivity (Wildman–Crippen MR) is 293 cm³/mol. The van der Waals surface area contributed by atoms with E-state index < -0.39 is 28.1 Å². The molecule has 386 valence electrons. The Kier molecular flexibility index (Phi) is 16.9. The highest BCUT2D eigenvalue weighted by atomic mass is 32.2. The van der Waals surface area contributed by atoms with Crippen LogP contribution in [0, 0.1) is 10.1 Å². The molecule has 0 saturated carbocycles. The molecule has 8 rings (SSSR count). The van der Waals surface area contributed by atoms with Crippen molar-refractivity contribution in [1.82, 2.24) is 29.8 Å². The van der Waals surface area contributed by atoms with Crippen LogP contribution in [0.4, 0.5) is 16.2 Å². The number of nitro benzene ring substituents is 1. The van der Waals surface area contributed by atoms with Gasteiger partial charge in [0.2, 0.25) is 0 Å². The number of nitrogens with zero attached hydrogens (tertiary/aromatic N) is 8. The van der Waals surface area contributed by atoms with Gasteiger partial charge in [-0.1, -0.05) is 153 Å². The van der Waals surface area contributed by atoms with Crippen molar-refractivity contribution >= 4 is 35.2 Å². The minimum Gasteiger partial charge on any atom is -0.493 e. The number of thioether (sulfide) groups is 1. The van der Waals surface area contributed by atoms with Gasteiger partial charge >= 0.3 is 12.1 Å². The molecule has 1 atom stereocenters. The van der Waals surface area contributed by atoms with Crippen molar-refractivity contribution < 1.29 is 28.7 Å². The number of esters is 1. The highest BCUT2D eigenvalue weighted by Gasteiger charge is 2.42. The van der Waals surface area contributed by atoms with Gasteiger partial charge in [-0.25, -0.2) is 19.3 Å². The van der Waals surface area contributed by atoms with Gasteiger partial charge in [0.15, 0.2) is 11.5 Å². The summed E-state index contributed by atoms with van der Waals surface area (Å²) in [4.78, 5) is 44.2. The Morgan fingerprint density at radius 1 is 0.800 bits per heavy atom. The molecular formula is C59H62N8O7S. The molecule has 2 aromatic heterocycles. The third-order valence-corrected chi connectivity index (χ3v) is 13.7. The molecule has 2 heterocycles. The van der Waals surface area contributed by atoms with Crippen LogP contribution in [0.15, 0.2) is 158 Å². The van der Waals surface area contributed by atoms with Crippen LogP contribution in [0.5, 0.6) is 5.75 Å². The number of amides is 1. The number of anilines is 1. The lowest BCUT2D eigenvalue weighted by molar-refractivity contribution is -0.384. The topological polar surface area (TPSA) is 170 Å². The maximum atomic E-state index is 13.9. The van der Waals surface area contributed by atoms with Crippen LogP contribution in [0.1, 0.15) is 92.2 Å². The minimum atomic E-state index is -0.923. The molecule has 0 N–H and O–H groups in total. The van der Waals surface area contributed by atoms with Crippen LogP contribution in [0.25, 0.3) is 22.5 Å². The second-order valence-electron chi connectivity index (χ2n) is 19.0. The number of hydrogen-bond acceptors (Lipinski definition) is 12. The summed E-state index contributed by atoms with van der Waals surface area (Å²) in [5, 5.41) is 25.8. The summed E-state index contributed by atoms with van der Waals surface area (Å²) in [7, 11) is 1.43. The number of nitro groups is 1. The van der Waals surface area contributed by atoms with Gasteiger partial charge < -0.3 is 18.8 Å². The lowest BCUT2D eigenvalue weighted by Gasteiger charge is -2.36. The molecule has 6 aromatic carbocycles. The van der Waals surface area contributed by atoms with E-state index in [1.165, 1.54) is 25.2 Å². The SMILES string of the molecule is CCCc1nc(CC(C)SCCOc2ccc([N+](=O)[O-])c(N(C)C(=O)OC(C)(C)C)c2)c(C(=O)OCC)n1Cc1ccc(-c2ccccc2-c2nnnn2C(c2ccccc2)(c2ccccc2)c2ccccc2)cc1. The van der Waals surface area contributed by atoms with Crippen molar-refractivity contribution in [3.05, 3.63) is 207 Å². The fourth-order valence-electron chi connectivity index (χ4n) is 9.28. The molecule has 0 bridgehead atoms. The molecule has 0 aliphatic carbocycles. The summed E-state index contributed by atoms with van der Waals surface area (Å²) < 4.78 is 21.1. The third-order valence-electron chi connectivity index (χ3n) is 12.6. The fourth-order valence-corrected chi connectivity index (χ4v) is 10.1. The van der Waals surface area contributed by atoms with E-state index >= 15 is 0 Å². The first-order chi connectivity index (χ1) is 36.2. The minimum absolute atomic E-state index is 0.0314. The van der Waals surface area contributed by atoms with E-state index in [2.05, 4.69) is 91.9 Å². The Morgan fingerprint density at radius 3 is 1.97 bits per heavy atom. The van der Waals surface area contributed by atoms with Gasteiger partial charge in [-0.05, 0) is 84.0 Å². The monoisotopic (exact) mass is 1030 g/mol. The van der Waals surface area contributed by atoms with Crippen LogP contribution in [-0.4, -0.2) is 83.6 Å². The number of rotatable bonds is 21. The maximum Gasteiger partial charge on any atom is 0.414 e. The number of hydrogen-bond donors (Lipinski definition) is 0. The molecule has 15 nitrogen and oxygen atoms in total. The summed E-state index contributed by atoms with van der Waals surface area (Å²) in [5.41, 5.74) is 5.99. The summed E-state index contributed by atoms with van der Waals surface area (Å²) in [5.74, 6) is 1.93. The van der Waals surface area contributed by atoms with E-state index in [0.717, 1.165) is 56.1 Å². The zero-order valence-corrected chi connectivity index (χ0v) is 44.2. The van der Waals surface area contributed by atoms with Crippen molar-refractivity contribution in [1.29, 1.82) is 0 Å². The Morgan fingerprint density at radius 2 is 1.40 bits per heavy atom. The third kappa shape index (κ3) is 12.0. The van der Waals surface area contributed by atoms with Crippen molar-refractivity contribution in [2.75, 3.05) is 30.9 Å². The van der Waals surface area contributed by atoms with E-state index in [-0.39, 0.29) is 29.8 Å². The molecule has 0 aliphatic heterocycles. The number of aromatic nitrogens is 6. The van der Waals surface area contributed by atoms with Crippen LogP contribution in [0.2, 0.25) is 0 Å². The highest BCUT2D eigenvalue weighted by molar-refractivity contribution is 7.99. The maximum absolute atomic E-state index is 13.9. The molecule has 0 saturated heterocycles. The summed E-state index contributed by atoms with van der Waals surface area (Å²) >= 11 is 1.65. The second-order valence-corrected chi connectivity index (χ2v) is 20.6. The molecular weight excluding hydrogens is 965 g/mol. The summed E-state index contributed by atoms with van der Waals surface area (Å²) in [6, 6.07) is 51.9. The molecule has 0 radical (unpaired) electrons. The summed E-state index contributed by atoms with van der Waals surface area (Å²) in [6.07, 6.45) is 1.27. The van der Waals surface area contributed by atoms with Crippen molar-refractivity contribution in [3.63, 3.8) is 0 Å². The lowest BCUT2D eigenvalue weighted by Crippen LogP contribution is -2.39. The molecule has 1 amide bonds. The number of ether oxygens (including phenoxy) is 3. The Hall–Kier alpha value is -8.11. The number of aryl methyl sites for hydroxylation is 1. The van der Waals surface area contributed by atoms with E-state index in [9.17, 15) is 19.7 Å². The van der Waals surface area contributed by atoms with Gasteiger partial charge in [0.25, 0.3) is 5.69 Å². The zero-order chi connectivity index (χ0) is 53.1. The first-order valence-electron chi connectivity index (χ1n) is 25.1. The van der Waals surface area contributed by atoms with Crippen LogP contribution < -0.4 is 9.64 Å². The van der Waals surface area contributed by atoms with Gasteiger partial charge in [-0.3, -0.25) is 15.0 Å². The van der Waals surface area contributed by atoms with E-state index in [1.807, 2.05) is 76.0 Å². The smallest absolute Gasteiger partial charge is 0.414 e. The summed E-state index contributed by atoms with van der Waals surface area (Å²) in [6.45, 7) is 12.1. The normalized spacial score (nSPS) is 12.0. The van der Waals surface area contributed by atoms with Crippen LogP contribution >= 0.6 is 11.8 Å². The average molecular weight is 1030 g/mol. The number of benzene rings is 6. The van der Waals surface area contributed by atoms with E-state index in [4.69, 9.17) is 29.5 Å². The Bertz CT molecular complexity index is 3120. The van der Waals surface area contributed by atoms with Gasteiger partial charge in [-0.15, -0.1) is 5.10 Å². The molecule has 1 unspecified atom stereocenters. The molecule has 16 heteroatoms. The van der Waals surface area contributed by atoms with E-state index in [0.29, 0.717) is 48.1 Å². The van der Waals surface area contributed by atoms with Crippen molar-refractivity contribution in [2.45, 2.75) is 83.7 Å². The van der Waals surface area contributed by atoms with Crippen LogP contribution in [0.3, 0.4) is 0 Å². The number of tetrazole rings is 1. The van der Waals surface area contributed by atoms with E-state index in [1.54, 1.807) is 39.5 Å². The van der Waals surface area contributed by atoms with Gasteiger partial charge in [0.05, 0.1) is 23.8 Å². The first kappa shape index (κ1) is 53.2. The Balaban J connectivity index is 1.03. The van der Waals surface area contributed by atoms with Crippen molar-refractivity contribution in [3.8, 4) is 28.3 Å². The van der Waals surface area contributed by atoms with Crippen LogP contribution in [-0.2, 0) is 34.4 Å². The number of carbonyl (C=O) groups is 2. The number of carbonyl (C=O) groups excluding carboxylic acids is 2. The fraction of sp³-hybridized carbons (Fsp3) is 0.288. The number of imidazole rings is 1. The standard InChI is InChI=1S/C59H62N8O7S/c1-8-21-53-60-50(38-41(3)75-37-36-73-47-34-35-51(67(70)71)52(39-47)64(7)57(69)74-58(4,5)6)54(56(68)72-9-2)65(53)40-42-30-32-43(33-31-42)48-28-19-20-29-49(48)55-61-62-63-66(55)59(44-22-13-10-14-23-44,45-24-15-11-16-25-45)46-26-17-12-18-27-46/h10-20,22-35,39,41H,8-9,21,36-38,40H2,1-7H3. The van der Waals surface area contributed by atoms with Gasteiger partial charge in [0, 0.05) is 55.1 Å². The Labute approximate surface area is 442 Å².